The number of esters is 1. The standard InChI is InChI=1S/C18H22NO4.C2H6.CH4.Yb/c1-13(2)7-6-10-21-17(20)11-15-8-4-5-9-16(15)19-18-22-12-14(3)23-18;1-2;;/h4-5,8-9,13H,6-7,10-11H2,1-3H3;1-2H3;1H4;/q-1;;;. The van der Waals surface area contributed by atoms with Crippen molar-refractivity contribution in [3.63, 3.8) is 0 Å². The molecule has 0 saturated carbocycles. The van der Waals surface area contributed by atoms with Gasteiger partial charge in [0, 0.05) is 52.7 Å². The Kier molecular flexibility index (Phi) is 17.1. The zero-order valence-corrected chi connectivity index (χ0v) is 17.8. The first-order valence-corrected chi connectivity index (χ1v) is 8.81. The molecule has 0 aliphatic rings. The summed E-state index contributed by atoms with van der Waals surface area (Å²) in [4.78, 5) is 16.2. The van der Waals surface area contributed by atoms with Crippen LogP contribution in [0.3, 0.4) is 0 Å². The summed E-state index contributed by atoms with van der Waals surface area (Å²) in [6, 6.07) is 7.34. The SMILES string of the molecule is C.CC.Cc1[c-]oc(=Nc2ccccc2CC(=O)OCCCC(C)C)o1.[Yb]. The van der Waals surface area contributed by atoms with E-state index in [-0.39, 0.29) is 72.5 Å². The van der Waals surface area contributed by atoms with Crippen LogP contribution in [-0.4, -0.2) is 12.6 Å². The van der Waals surface area contributed by atoms with Gasteiger partial charge in [0.25, 0.3) is 0 Å². The molecule has 0 spiro atoms. The number of benzene rings is 1. The topological polar surface area (TPSA) is 64.9 Å². The summed E-state index contributed by atoms with van der Waals surface area (Å²) in [6.45, 7) is 10.5. The minimum absolute atomic E-state index is 0. The number of nitrogens with zero attached hydrogens (tertiary/aromatic N) is 1. The normalized spacial score (nSPS) is 10.4. The Hall–Kier alpha value is -0.781. The van der Waals surface area contributed by atoms with Crippen molar-refractivity contribution < 1.29 is 65.3 Å². The van der Waals surface area contributed by atoms with Gasteiger partial charge in [0.1, 0.15) is 0 Å². The first-order chi connectivity index (χ1) is 12.0. The monoisotopic (exact) mass is 536 g/mol. The Bertz CT molecular complexity index is 704. The number of hydrogen-bond donors (Lipinski definition) is 0. The van der Waals surface area contributed by atoms with Gasteiger partial charge in [0.2, 0.25) is 5.75 Å². The van der Waals surface area contributed by atoms with Crippen LogP contribution in [-0.2, 0) is 16.0 Å². The second-order valence-electron chi connectivity index (χ2n) is 5.80. The van der Waals surface area contributed by atoms with Gasteiger partial charge in [-0.1, -0.05) is 53.3 Å². The van der Waals surface area contributed by atoms with Gasteiger partial charge in [0.15, 0.2) is 0 Å². The Morgan fingerprint density at radius 3 is 2.52 bits per heavy atom. The molecule has 160 valence electrons. The van der Waals surface area contributed by atoms with Crippen LogP contribution in [0.25, 0.3) is 0 Å². The predicted octanol–water partition coefficient (Wildman–Crippen LogP) is 5.40. The molecule has 1 heterocycles. The molecule has 0 N–H and O–H groups in total. The van der Waals surface area contributed by atoms with Crippen LogP contribution in [0.5, 0.6) is 0 Å². The van der Waals surface area contributed by atoms with E-state index in [0.29, 0.717) is 24.0 Å². The Labute approximate surface area is 201 Å². The fourth-order valence-corrected chi connectivity index (χ4v) is 2.09. The van der Waals surface area contributed by atoms with Crippen molar-refractivity contribution in [2.45, 2.75) is 61.3 Å². The molecule has 0 saturated heterocycles. The van der Waals surface area contributed by atoms with E-state index in [1.165, 1.54) is 0 Å². The van der Waals surface area contributed by atoms with Crippen LogP contribution in [0.2, 0.25) is 0 Å². The molecule has 6 heteroatoms. The van der Waals surface area contributed by atoms with E-state index in [2.05, 4.69) is 25.1 Å². The molecule has 0 radical (unpaired) electrons. The smallest absolute Gasteiger partial charge is 0.310 e. The molecule has 0 aliphatic carbocycles. The van der Waals surface area contributed by atoms with E-state index in [0.717, 1.165) is 18.4 Å². The molecule has 1 aromatic carbocycles. The van der Waals surface area contributed by atoms with E-state index in [9.17, 15) is 4.79 Å². The van der Waals surface area contributed by atoms with Crippen molar-refractivity contribution in [1.82, 2.24) is 0 Å². The minimum Gasteiger partial charge on any atom is -0.600 e. The van der Waals surface area contributed by atoms with Crippen molar-refractivity contribution in [3.8, 4) is 0 Å². The van der Waals surface area contributed by atoms with Gasteiger partial charge < -0.3 is 13.6 Å². The maximum atomic E-state index is 11.9. The Morgan fingerprint density at radius 1 is 1.26 bits per heavy atom. The average Bonchev–Trinajstić information content (AvgIpc) is 3.00. The van der Waals surface area contributed by atoms with E-state index in [4.69, 9.17) is 13.6 Å². The van der Waals surface area contributed by atoms with Crippen LogP contribution in [0.1, 0.15) is 59.3 Å². The third-order valence-corrected chi connectivity index (χ3v) is 3.25. The largest absolute Gasteiger partial charge is 0.600 e. The van der Waals surface area contributed by atoms with Crippen LogP contribution >= 0.6 is 0 Å². The molecule has 0 fully saturated rings. The number of ether oxygens (including phenoxy) is 1. The summed E-state index contributed by atoms with van der Waals surface area (Å²) in [5.74, 6) is 0.993. The summed E-state index contributed by atoms with van der Waals surface area (Å²) in [5, 5.41) is 0. The molecular weight excluding hydrogens is 503 g/mol. The maximum absolute atomic E-state index is 11.9. The number of hydrogen-bond acceptors (Lipinski definition) is 5. The van der Waals surface area contributed by atoms with Crippen molar-refractivity contribution in [2.24, 2.45) is 10.9 Å². The van der Waals surface area contributed by atoms with E-state index < -0.39 is 0 Å². The molecule has 0 unspecified atom stereocenters. The predicted molar refractivity (Wildman–Crippen MR) is 103 cm³/mol. The zero-order valence-electron chi connectivity index (χ0n) is 16.1. The molecule has 0 amide bonds. The third-order valence-electron chi connectivity index (χ3n) is 3.25. The van der Waals surface area contributed by atoms with Gasteiger partial charge in [-0.15, -0.1) is 0 Å². The fraction of sp³-hybridized carbons (Fsp3) is 0.524. The maximum Gasteiger partial charge on any atom is 0.310 e. The second-order valence-corrected chi connectivity index (χ2v) is 5.80. The summed E-state index contributed by atoms with van der Waals surface area (Å²) in [6.07, 6.45) is 4.67. The number of aryl methyl sites for hydroxylation is 1. The van der Waals surface area contributed by atoms with Crippen molar-refractivity contribution in [3.05, 3.63) is 47.6 Å². The number of para-hydroxylation sites is 1. The number of carbonyl (C=O) groups is 1. The van der Waals surface area contributed by atoms with E-state index in [1.54, 1.807) is 13.0 Å². The molecule has 5 nitrogen and oxygen atoms in total. The van der Waals surface area contributed by atoms with Gasteiger partial charge in [-0.2, -0.15) is 0 Å². The van der Waals surface area contributed by atoms with Gasteiger partial charge in [-0.3, -0.25) is 9.79 Å². The molecule has 1 aromatic heterocycles. The van der Waals surface area contributed by atoms with Crippen LogP contribution in [0.15, 0.2) is 38.1 Å². The molecule has 2 aromatic rings. The minimum atomic E-state index is -0.254. The molecule has 0 bridgehead atoms. The van der Waals surface area contributed by atoms with Crippen molar-refractivity contribution in [1.29, 1.82) is 0 Å². The molecular formula is C21H32NO4Yb-. The fourth-order valence-electron chi connectivity index (χ4n) is 2.09. The van der Waals surface area contributed by atoms with Crippen molar-refractivity contribution in [2.75, 3.05) is 6.61 Å². The van der Waals surface area contributed by atoms with Gasteiger partial charge in [-0.25, -0.2) is 0 Å². The molecule has 0 atom stereocenters. The second kappa shape index (κ2) is 16.2. The number of rotatable bonds is 7. The Balaban J connectivity index is 0. The van der Waals surface area contributed by atoms with Crippen LogP contribution in [0, 0.1) is 66.0 Å². The summed E-state index contributed by atoms with van der Waals surface area (Å²) in [7, 11) is 0. The first-order valence-electron chi connectivity index (χ1n) is 8.81. The van der Waals surface area contributed by atoms with E-state index in [1.807, 2.05) is 32.0 Å². The van der Waals surface area contributed by atoms with Gasteiger partial charge in [-0.05, 0) is 43.6 Å². The summed E-state index contributed by atoms with van der Waals surface area (Å²) in [5.41, 5.74) is 1.39. The molecule has 2 rings (SSSR count). The van der Waals surface area contributed by atoms with E-state index >= 15 is 0 Å². The third kappa shape index (κ3) is 11.6. The van der Waals surface area contributed by atoms with Gasteiger partial charge in [0.05, 0.1) is 18.7 Å². The summed E-state index contributed by atoms with van der Waals surface area (Å²) >= 11 is 0. The van der Waals surface area contributed by atoms with Crippen LogP contribution < -0.4 is 5.75 Å². The van der Waals surface area contributed by atoms with Crippen LogP contribution in [0.4, 0.5) is 5.69 Å². The summed E-state index contributed by atoms with van der Waals surface area (Å²) < 4.78 is 15.6. The first kappa shape index (κ1) is 28.4. The molecule has 27 heavy (non-hydrogen) atoms. The zero-order chi connectivity index (χ0) is 18.7. The average molecular weight is 536 g/mol. The van der Waals surface area contributed by atoms with Crippen molar-refractivity contribution >= 4 is 11.7 Å². The van der Waals surface area contributed by atoms with Gasteiger partial charge >= 0.3 is 5.97 Å². The molecule has 0 aliphatic heterocycles. The Morgan fingerprint density at radius 2 is 1.93 bits per heavy atom. The number of carbonyl (C=O) groups excluding carboxylic acids is 1. The quantitative estimate of drug-likeness (QED) is 0.271.